The maximum absolute atomic E-state index is 11.5. The van der Waals surface area contributed by atoms with Crippen LogP contribution in [0.1, 0.15) is 19.4 Å². The zero-order valence-electron chi connectivity index (χ0n) is 15.0. The Bertz CT molecular complexity index is 742. The molecule has 0 spiro atoms. The summed E-state index contributed by atoms with van der Waals surface area (Å²) in [5.74, 6) is 1.52. The summed E-state index contributed by atoms with van der Waals surface area (Å²) in [5, 5.41) is 8.35. The van der Waals surface area contributed by atoms with E-state index in [0.29, 0.717) is 19.0 Å². The van der Waals surface area contributed by atoms with Crippen molar-refractivity contribution in [3.63, 3.8) is 0 Å². The third-order valence-electron chi connectivity index (χ3n) is 4.45. The molecule has 1 aromatic carbocycles. The molecule has 2 aromatic rings. The second-order valence-electron chi connectivity index (χ2n) is 6.19. The first kappa shape index (κ1) is 17.1. The van der Waals surface area contributed by atoms with E-state index in [4.69, 9.17) is 4.98 Å². The molecule has 7 heteroatoms. The van der Waals surface area contributed by atoms with E-state index in [1.807, 2.05) is 11.0 Å². The number of hydrogen-bond donors (Lipinski definition) is 0. The van der Waals surface area contributed by atoms with E-state index >= 15 is 0 Å². The third kappa shape index (κ3) is 3.87. The highest BCUT2D eigenvalue weighted by molar-refractivity contribution is 5.73. The van der Waals surface area contributed by atoms with E-state index in [1.54, 1.807) is 13.1 Å². The summed E-state index contributed by atoms with van der Waals surface area (Å²) in [5.41, 5.74) is 2.30. The minimum absolute atomic E-state index is 0.115. The molecule has 1 aliphatic rings. The van der Waals surface area contributed by atoms with Gasteiger partial charge in [0.1, 0.15) is 0 Å². The maximum atomic E-state index is 11.5. The second-order valence-corrected chi connectivity index (χ2v) is 6.19. The number of amides is 1. The van der Waals surface area contributed by atoms with Gasteiger partial charge < -0.3 is 14.7 Å². The number of piperazine rings is 1. The number of benzene rings is 1. The van der Waals surface area contributed by atoms with Gasteiger partial charge in [0, 0.05) is 45.3 Å². The van der Waals surface area contributed by atoms with E-state index in [0.717, 1.165) is 31.1 Å². The van der Waals surface area contributed by atoms with Crippen molar-refractivity contribution >= 4 is 23.4 Å². The first-order valence-electron chi connectivity index (χ1n) is 8.63. The van der Waals surface area contributed by atoms with Gasteiger partial charge in [-0.25, -0.2) is 0 Å². The van der Waals surface area contributed by atoms with E-state index in [1.165, 1.54) is 5.56 Å². The van der Waals surface area contributed by atoms with Crippen molar-refractivity contribution in [3.8, 4) is 0 Å². The van der Waals surface area contributed by atoms with Crippen LogP contribution in [-0.4, -0.2) is 58.7 Å². The summed E-state index contributed by atoms with van der Waals surface area (Å²) >= 11 is 0. The Morgan fingerprint density at radius 2 is 2.00 bits per heavy atom. The summed E-state index contributed by atoms with van der Waals surface area (Å²) in [6.45, 7) is 9.40. The number of carbonyl (C=O) groups is 1. The maximum Gasteiger partial charge on any atom is 0.247 e. The van der Waals surface area contributed by atoms with Crippen LogP contribution in [0.2, 0.25) is 0 Å². The molecule has 0 aliphatic carbocycles. The lowest BCUT2D eigenvalue weighted by Gasteiger charge is -2.34. The Labute approximate surface area is 148 Å². The summed E-state index contributed by atoms with van der Waals surface area (Å²) in [6.07, 6.45) is 1.70. The summed E-state index contributed by atoms with van der Waals surface area (Å²) in [6, 6.07) is 8.33. The SMILES string of the molecule is CCN(c1cccc(C)c1)c1cnnc(N2CCN(C(C)=O)CC2)n1. The van der Waals surface area contributed by atoms with Crippen LogP contribution in [0.3, 0.4) is 0 Å². The predicted octanol–water partition coefficient (Wildman–Crippen LogP) is 2.01. The third-order valence-corrected chi connectivity index (χ3v) is 4.45. The minimum atomic E-state index is 0.115. The quantitative estimate of drug-likeness (QED) is 0.848. The fourth-order valence-electron chi connectivity index (χ4n) is 3.04. The molecule has 0 radical (unpaired) electrons. The van der Waals surface area contributed by atoms with Gasteiger partial charge in [-0.15, -0.1) is 5.10 Å². The molecule has 132 valence electrons. The molecule has 2 heterocycles. The van der Waals surface area contributed by atoms with Gasteiger partial charge in [-0.2, -0.15) is 10.1 Å². The number of rotatable bonds is 4. The zero-order chi connectivity index (χ0) is 17.8. The average molecular weight is 340 g/mol. The van der Waals surface area contributed by atoms with Crippen molar-refractivity contribution in [2.45, 2.75) is 20.8 Å². The normalized spacial score (nSPS) is 14.5. The smallest absolute Gasteiger partial charge is 0.247 e. The first-order valence-corrected chi connectivity index (χ1v) is 8.63. The van der Waals surface area contributed by atoms with Gasteiger partial charge >= 0.3 is 0 Å². The summed E-state index contributed by atoms with van der Waals surface area (Å²) < 4.78 is 0. The molecule has 0 saturated carbocycles. The Kier molecular flexibility index (Phi) is 5.11. The van der Waals surface area contributed by atoms with E-state index in [9.17, 15) is 4.79 Å². The summed E-state index contributed by atoms with van der Waals surface area (Å²) in [4.78, 5) is 22.2. The largest absolute Gasteiger partial charge is 0.339 e. The molecule has 1 fully saturated rings. The number of aromatic nitrogens is 3. The molecule has 1 aromatic heterocycles. The van der Waals surface area contributed by atoms with Gasteiger partial charge in [0.05, 0.1) is 6.20 Å². The van der Waals surface area contributed by atoms with Crippen molar-refractivity contribution in [2.24, 2.45) is 0 Å². The molecule has 25 heavy (non-hydrogen) atoms. The van der Waals surface area contributed by atoms with Crippen molar-refractivity contribution in [2.75, 3.05) is 42.5 Å². The van der Waals surface area contributed by atoms with Crippen LogP contribution < -0.4 is 9.80 Å². The highest BCUT2D eigenvalue weighted by Gasteiger charge is 2.21. The van der Waals surface area contributed by atoms with Gasteiger partial charge in [0.2, 0.25) is 11.9 Å². The molecular weight excluding hydrogens is 316 g/mol. The lowest BCUT2D eigenvalue weighted by molar-refractivity contribution is -0.129. The van der Waals surface area contributed by atoms with Gasteiger partial charge in [-0.1, -0.05) is 12.1 Å². The van der Waals surface area contributed by atoms with Gasteiger partial charge in [-0.05, 0) is 31.5 Å². The molecule has 0 unspecified atom stereocenters. The van der Waals surface area contributed by atoms with Crippen LogP contribution in [-0.2, 0) is 4.79 Å². The highest BCUT2D eigenvalue weighted by atomic mass is 16.2. The minimum Gasteiger partial charge on any atom is -0.339 e. The molecular formula is C18H24N6O. The number of anilines is 3. The van der Waals surface area contributed by atoms with Crippen molar-refractivity contribution in [3.05, 3.63) is 36.0 Å². The van der Waals surface area contributed by atoms with Gasteiger partial charge in [-0.3, -0.25) is 4.79 Å². The molecule has 0 atom stereocenters. The Hall–Kier alpha value is -2.70. The Morgan fingerprint density at radius 3 is 2.64 bits per heavy atom. The zero-order valence-corrected chi connectivity index (χ0v) is 15.0. The van der Waals surface area contributed by atoms with Crippen LogP contribution in [0.15, 0.2) is 30.5 Å². The number of hydrogen-bond acceptors (Lipinski definition) is 6. The van der Waals surface area contributed by atoms with E-state index in [2.05, 4.69) is 52.0 Å². The lowest BCUT2D eigenvalue weighted by atomic mass is 10.2. The van der Waals surface area contributed by atoms with Gasteiger partial charge in [0.25, 0.3) is 0 Å². The molecule has 0 N–H and O–H groups in total. The predicted molar refractivity (Wildman–Crippen MR) is 98.2 cm³/mol. The second kappa shape index (κ2) is 7.46. The first-order chi connectivity index (χ1) is 12.1. The molecule has 1 saturated heterocycles. The van der Waals surface area contributed by atoms with Crippen LogP contribution >= 0.6 is 0 Å². The van der Waals surface area contributed by atoms with E-state index < -0.39 is 0 Å². The van der Waals surface area contributed by atoms with Crippen LogP contribution in [0.4, 0.5) is 17.5 Å². The Balaban J connectivity index is 1.80. The van der Waals surface area contributed by atoms with Crippen molar-refractivity contribution < 1.29 is 4.79 Å². The fourth-order valence-corrected chi connectivity index (χ4v) is 3.04. The molecule has 7 nitrogen and oxygen atoms in total. The standard InChI is InChI=1S/C18H24N6O/c1-4-24(16-7-5-6-14(2)12-16)17-13-19-21-18(20-17)23-10-8-22(9-11-23)15(3)25/h5-7,12-13H,4,8-11H2,1-3H3. The highest BCUT2D eigenvalue weighted by Crippen LogP contribution is 2.24. The van der Waals surface area contributed by atoms with Crippen molar-refractivity contribution in [1.82, 2.24) is 20.1 Å². The number of nitrogens with zero attached hydrogens (tertiary/aromatic N) is 6. The number of carbonyl (C=O) groups excluding carboxylic acids is 1. The van der Waals surface area contributed by atoms with E-state index in [-0.39, 0.29) is 5.91 Å². The van der Waals surface area contributed by atoms with Gasteiger partial charge in [0.15, 0.2) is 5.82 Å². The summed E-state index contributed by atoms with van der Waals surface area (Å²) in [7, 11) is 0. The molecule has 1 aliphatic heterocycles. The molecule has 0 bridgehead atoms. The molecule has 1 amide bonds. The topological polar surface area (TPSA) is 65.5 Å². The lowest BCUT2D eigenvalue weighted by Crippen LogP contribution is -2.48. The van der Waals surface area contributed by atoms with Crippen molar-refractivity contribution in [1.29, 1.82) is 0 Å². The Morgan fingerprint density at radius 1 is 1.24 bits per heavy atom. The van der Waals surface area contributed by atoms with Crippen LogP contribution in [0.5, 0.6) is 0 Å². The monoisotopic (exact) mass is 340 g/mol. The van der Waals surface area contributed by atoms with Crippen LogP contribution in [0.25, 0.3) is 0 Å². The average Bonchev–Trinajstić information content (AvgIpc) is 2.63. The van der Waals surface area contributed by atoms with Crippen LogP contribution in [0, 0.1) is 6.92 Å². The number of aryl methyl sites for hydroxylation is 1. The fraction of sp³-hybridized carbons (Fsp3) is 0.444. The molecule has 3 rings (SSSR count).